The topological polar surface area (TPSA) is 25.8 Å². The van der Waals surface area contributed by atoms with Gasteiger partial charge in [0, 0.05) is 16.0 Å². The summed E-state index contributed by atoms with van der Waals surface area (Å²) in [5, 5.41) is 0. The van der Waals surface area contributed by atoms with Crippen LogP contribution in [0.4, 0.5) is 0 Å². The molecule has 0 N–H and O–H groups in total. The molecule has 0 radical (unpaired) electrons. The number of nitrogens with zero attached hydrogens (tertiary/aromatic N) is 2. The van der Waals surface area contributed by atoms with E-state index in [1.54, 1.807) is 11.3 Å². The molecular formula is C19H18N2S. The quantitative estimate of drug-likeness (QED) is 0.624. The van der Waals surface area contributed by atoms with Crippen molar-refractivity contribution >= 4 is 33.8 Å². The monoisotopic (exact) mass is 306 g/mol. The molecule has 22 heavy (non-hydrogen) atoms. The van der Waals surface area contributed by atoms with Crippen LogP contribution in [0.5, 0.6) is 0 Å². The van der Waals surface area contributed by atoms with Gasteiger partial charge >= 0.3 is 0 Å². The van der Waals surface area contributed by atoms with Crippen molar-refractivity contribution in [3.8, 4) is 11.3 Å². The minimum atomic E-state index is 0.939. The molecular weight excluding hydrogens is 288 g/mol. The molecule has 0 spiro atoms. The fourth-order valence-corrected chi connectivity index (χ4v) is 3.62. The van der Waals surface area contributed by atoms with E-state index < -0.39 is 0 Å². The summed E-state index contributed by atoms with van der Waals surface area (Å²) in [6.07, 6.45) is 5.99. The number of hydrogen-bond donors (Lipinski definition) is 0. The smallest absolute Gasteiger partial charge is 0.143 e. The van der Waals surface area contributed by atoms with Crippen LogP contribution in [0, 0.1) is 13.8 Å². The number of aryl methyl sites for hydroxylation is 2. The molecule has 3 rings (SSSR count). The second-order valence-corrected chi connectivity index (χ2v) is 6.29. The Bertz CT molecular complexity index is 871. The summed E-state index contributed by atoms with van der Waals surface area (Å²) < 4.78 is 0. The molecule has 0 fully saturated rings. The predicted octanol–water partition coefficient (Wildman–Crippen LogP) is 5.65. The molecule has 0 aliphatic heterocycles. The van der Waals surface area contributed by atoms with Gasteiger partial charge in [0.1, 0.15) is 10.3 Å². The van der Waals surface area contributed by atoms with Gasteiger partial charge in [0.25, 0.3) is 0 Å². The third-order valence-corrected chi connectivity index (χ3v) is 4.67. The molecule has 0 saturated carbocycles. The number of fused-ring (bicyclic) bond motifs is 1. The third-order valence-electron chi connectivity index (χ3n) is 3.61. The number of hydrogen-bond acceptors (Lipinski definition) is 3. The van der Waals surface area contributed by atoms with E-state index in [0.29, 0.717) is 0 Å². The van der Waals surface area contributed by atoms with Crippen LogP contribution >= 0.6 is 11.3 Å². The number of aromatic nitrogens is 2. The maximum atomic E-state index is 4.89. The van der Waals surface area contributed by atoms with Crippen molar-refractivity contribution in [1.29, 1.82) is 0 Å². The van der Waals surface area contributed by atoms with Crippen molar-refractivity contribution in [2.75, 3.05) is 0 Å². The highest BCUT2D eigenvalue weighted by molar-refractivity contribution is 7.19. The van der Waals surface area contributed by atoms with Gasteiger partial charge in [-0.3, -0.25) is 0 Å². The summed E-state index contributed by atoms with van der Waals surface area (Å²) in [6.45, 7) is 10.1. The van der Waals surface area contributed by atoms with Gasteiger partial charge in [-0.15, -0.1) is 11.3 Å². The van der Waals surface area contributed by atoms with E-state index >= 15 is 0 Å². The van der Waals surface area contributed by atoms with Crippen LogP contribution in [0.2, 0.25) is 0 Å². The maximum absolute atomic E-state index is 4.89. The molecule has 2 heterocycles. The van der Waals surface area contributed by atoms with Crippen molar-refractivity contribution in [3.63, 3.8) is 0 Å². The Kier molecular flexibility index (Phi) is 3.90. The molecule has 3 heteroatoms. The fourth-order valence-electron chi connectivity index (χ4n) is 2.48. The maximum Gasteiger partial charge on any atom is 0.143 e. The van der Waals surface area contributed by atoms with Crippen LogP contribution < -0.4 is 0 Å². The lowest BCUT2D eigenvalue weighted by atomic mass is 10.1. The molecule has 0 bridgehead atoms. The van der Waals surface area contributed by atoms with Crippen LogP contribution in [0.3, 0.4) is 0 Å². The number of allylic oxidation sites excluding steroid dienone is 1. The van der Waals surface area contributed by atoms with E-state index in [2.05, 4.69) is 43.8 Å². The Morgan fingerprint density at radius 1 is 1.09 bits per heavy atom. The Morgan fingerprint density at radius 2 is 1.82 bits per heavy atom. The van der Waals surface area contributed by atoms with Crippen molar-refractivity contribution in [2.45, 2.75) is 20.8 Å². The van der Waals surface area contributed by atoms with Gasteiger partial charge in [0.05, 0.1) is 11.4 Å². The normalized spacial score (nSPS) is 11.4. The first-order valence-electron chi connectivity index (χ1n) is 7.27. The standard InChI is InChI=1S/C19H18N2S/c1-5-7-16-15(6-2)18-19(22-16)20-13(4)17(21-18)14-10-8-12(3)9-11-14/h5-11H,2H2,1,3-4H3/b7-5-. The minimum Gasteiger partial charge on any atom is -0.243 e. The largest absolute Gasteiger partial charge is 0.243 e. The summed E-state index contributed by atoms with van der Waals surface area (Å²) in [5.74, 6) is 0. The Balaban J connectivity index is 2.26. The SMILES string of the molecule is C=Cc1c(/C=C\C)sc2nc(C)c(-c3ccc(C)cc3)nc12. The zero-order chi connectivity index (χ0) is 15.7. The Labute approximate surface area is 134 Å². The first-order valence-corrected chi connectivity index (χ1v) is 8.09. The average Bonchev–Trinajstić information content (AvgIpc) is 2.84. The van der Waals surface area contributed by atoms with Gasteiger partial charge < -0.3 is 0 Å². The van der Waals surface area contributed by atoms with E-state index in [9.17, 15) is 0 Å². The average molecular weight is 306 g/mol. The van der Waals surface area contributed by atoms with Crippen LogP contribution in [-0.2, 0) is 0 Å². The summed E-state index contributed by atoms with van der Waals surface area (Å²) in [4.78, 5) is 11.8. The van der Waals surface area contributed by atoms with Gasteiger partial charge in [-0.1, -0.05) is 48.6 Å². The highest BCUT2D eigenvalue weighted by atomic mass is 32.1. The molecule has 2 aromatic heterocycles. The summed E-state index contributed by atoms with van der Waals surface area (Å²) >= 11 is 1.66. The molecule has 0 aliphatic carbocycles. The lowest BCUT2D eigenvalue weighted by Gasteiger charge is -2.05. The van der Waals surface area contributed by atoms with E-state index in [1.807, 2.05) is 26.0 Å². The number of benzene rings is 1. The zero-order valence-corrected chi connectivity index (χ0v) is 13.9. The van der Waals surface area contributed by atoms with Crippen molar-refractivity contribution in [3.05, 3.63) is 58.6 Å². The first kappa shape index (κ1) is 14.7. The molecule has 1 aromatic carbocycles. The van der Waals surface area contributed by atoms with E-state index in [1.165, 1.54) is 5.56 Å². The molecule has 110 valence electrons. The molecule has 0 aliphatic rings. The minimum absolute atomic E-state index is 0.939. The summed E-state index contributed by atoms with van der Waals surface area (Å²) in [6, 6.07) is 8.41. The van der Waals surface area contributed by atoms with Crippen LogP contribution in [0.1, 0.15) is 28.6 Å². The molecule has 0 atom stereocenters. The molecule has 0 amide bonds. The first-order chi connectivity index (χ1) is 10.6. The second-order valence-electron chi connectivity index (χ2n) is 5.26. The van der Waals surface area contributed by atoms with Crippen molar-refractivity contribution in [1.82, 2.24) is 9.97 Å². The molecule has 0 saturated heterocycles. The van der Waals surface area contributed by atoms with E-state index in [-0.39, 0.29) is 0 Å². The molecule has 0 unspecified atom stereocenters. The molecule has 2 nitrogen and oxygen atoms in total. The van der Waals surface area contributed by atoms with Crippen LogP contribution in [0.15, 0.2) is 36.9 Å². The van der Waals surface area contributed by atoms with Gasteiger partial charge in [0.15, 0.2) is 0 Å². The van der Waals surface area contributed by atoms with Crippen LogP contribution in [-0.4, -0.2) is 9.97 Å². The zero-order valence-electron chi connectivity index (χ0n) is 13.1. The lowest BCUT2D eigenvalue weighted by molar-refractivity contribution is 1.20. The summed E-state index contributed by atoms with van der Waals surface area (Å²) in [5.41, 5.74) is 6.26. The lowest BCUT2D eigenvalue weighted by Crippen LogP contribution is -1.93. The fraction of sp³-hybridized carbons (Fsp3) is 0.158. The Morgan fingerprint density at radius 3 is 2.45 bits per heavy atom. The third kappa shape index (κ3) is 2.48. The van der Waals surface area contributed by atoms with Crippen molar-refractivity contribution < 1.29 is 0 Å². The van der Waals surface area contributed by atoms with E-state index in [4.69, 9.17) is 9.97 Å². The van der Waals surface area contributed by atoms with Crippen LogP contribution in [0.25, 0.3) is 33.8 Å². The van der Waals surface area contributed by atoms with Crippen molar-refractivity contribution in [2.24, 2.45) is 0 Å². The van der Waals surface area contributed by atoms with Gasteiger partial charge in [-0.05, 0) is 26.8 Å². The number of thiophene rings is 1. The Hall–Kier alpha value is -2.26. The predicted molar refractivity (Wildman–Crippen MR) is 97.1 cm³/mol. The summed E-state index contributed by atoms with van der Waals surface area (Å²) in [7, 11) is 0. The highest BCUT2D eigenvalue weighted by Crippen LogP contribution is 2.33. The highest BCUT2D eigenvalue weighted by Gasteiger charge is 2.14. The van der Waals surface area contributed by atoms with E-state index in [0.717, 1.165) is 37.7 Å². The number of rotatable bonds is 3. The second kappa shape index (κ2) is 5.85. The molecule has 3 aromatic rings. The van der Waals surface area contributed by atoms with Gasteiger partial charge in [-0.2, -0.15) is 0 Å². The van der Waals surface area contributed by atoms with Gasteiger partial charge in [0.2, 0.25) is 0 Å². The van der Waals surface area contributed by atoms with Gasteiger partial charge in [-0.25, -0.2) is 9.97 Å².